The molecule has 4 aliphatic rings. The SMILES string of the molecule is O=C(C1CCCCC1)N1CCC2(CC1)Cc1ccccc1CN(CC1CCCCC1)C2=O. The first-order valence-corrected chi connectivity index (χ1v) is 13.3. The Bertz CT molecular complexity index is 814. The standard InChI is InChI=1S/C28H40N2O2/c31-26(23-11-5-2-6-12-23)29-17-15-28(16-18-29)19-24-13-7-8-14-25(24)21-30(27(28)32)20-22-9-3-1-4-10-22/h7-8,13-14,22-23H,1-6,9-12,15-21H2. The van der Waals surface area contributed by atoms with E-state index in [1.54, 1.807) is 0 Å². The molecule has 2 amide bonds. The molecule has 0 atom stereocenters. The van der Waals surface area contributed by atoms with Crippen LogP contribution in [0, 0.1) is 17.3 Å². The summed E-state index contributed by atoms with van der Waals surface area (Å²) in [7, 11) is 0. The summed E-state index contributed by atoms with van der Waals surface area (Å²) in [6.07, 6.45) is 14.8. The van der Waals surface area contributed by atoms with Gasteiger partial charge in [-0.1, -0.05) is 62.8 Å². The molecule has 1 aromatic carbocycles. The van der Waals surface area contributed by atoms with Crippen LogP contribution in [0.25, 0.3) is 0 Å². The van der Waals surface area contributed by atoms with Crippen LogP contribution in [0.5, 0.6) is 0 Å². The minimum Gasteiger partial charge on any atom is -0.342 e. The second-order valence-corrected chi connectivity index (χ2v) is 11.1. The van der Waals surface area contributed by atoms with Gasteiger partial charge in [0.2, 0.25) is 11.8 Å². The third-order valence-electron chi connectivity index (χ3n) is 8.94. The van der Waals surface area contributed by atoms with Crippen LogP contribution in [0.15, 0.2) is 24.3 Å². The van der Waals surface area contributed by atoms with Crippen molar-refractivity contribution in [3.63, 3.8) is 0 Å². The van der Waals surface area contributed by atoms with Gasteiger partial charge in [0, 0.05) is 32.1 Å². The summed E-state index contributed by atoms with van der Waals surface area (Å²) in [6, 6.07) is 8.69. The second-order valence-electron chi connectivity index (χ2n) is 11.1. The first-order chi connectivity index (χ1) is 15.6. The van der Waals surface area contributed by atoms with Crippen molar-refractivity contribution in [2.75, 3.05) is 19.6 Å². The molecule has 2 saturated carbocycles. The van der Waals surface area contributed by atoms with E-state index in [-0.39, 0.29) is 11.3 Å². The lowest BCUT2D eigenvalue weighted by Crippen LogP contribution is -2.52. The number of carbonyl (C=O) groups excluding carboxylic acids is 2. The van der Waals surface area contributed by atoms with Crippen LogP contribution < -0.4 is 0 Å². The molecule has 1 aromatic rings. The molecule has 0 bridgehead atoms. The average Bonchev–Trinajstić information content (AvgIpc) is 2.95. The number of amides is 2. The predicted octanol–water partition coefficient (Wildman–Crippen LogP) is 5.34. The van der Waals surface area contributed by atoms with E-state index in [1.807, 2.05) is 0 Å². The Hall–Kier alpha value is -1.84. The molecule has 0 radical (unpaired) electrons. The molecular weight excluding hydrogens is 396 g/mol. The highest BCUT2D eigenvalue weighted by atomic mass is 16.2. The smallest absolute Gasteiger partial charge is 0.229 e. The van der Waals surface area contributed by atoms with E-state index in [9.17, 15) is 9.59 Å². The van der Waals surface area contributed by atoms with Crippen molar-refractivity contribution in [3.05, 3.63) is 35.4 Å². The number of nitrogens with zero attached hydrogens (tertiary/aromatic N) is 2. The maximum Gasteiger partial charge on any atom is 0.229 e. The largest absolute Gasteiger partial charge is 0.342 e. The molecule has 0 aromatic heterocycles. The van der Waals surface area contributed by atoms with E-state index in [0.717, 1.165) is 58.3 Å². The van der Waals surface area contributed by atoms with Crippen LogP contribution >= 0.6 is 0 Å². The fourth-order valence-electron chi connectivity index (χ4n) is 6.92. The van der Waals surface area contributed by atoms with E-state index >= 15 is 0 Å². The highest BCUT2D eigenvalue weighted by Gasteiger charge is 2.47. The van der Waals surface area contributed by atoms with Gasteiger partial charge >= 0.3 is 0 Å². The van der Waals surface area contributed by atoms with Crippen molar-refractivity contribution in [1.29, 1.82) is 0 Å². The van der Waals surface area contributed by atoms with Crippen LogP contribution in [-0.2, 0) is 22.6 Å². The highest BCUT2D eigenvalue weighted by molar-refractivity contribution is 5.85. The maximum atomic E-state index is 14.1. The van der Waals surface area contributed by atoms with Crippen LogP contribution in [0.1, 0.15) is 88.2 Å². The van der Waals surface area contributed by atoms with Gasteiger partial charge in [-0.3, -0.25) is 9.59 Å². The summed E-state index contributed by atoms with van der Waals surface area (Å²) < 4.78 is 0. The molecule has 4 nitrogen and oxygen atoms in total. The zero-order valence-corrected chi connectivity index (χ0v) is 19.7. The number of carbonyl (C=O) groups is 2. The zero-order chi connectivity index (χ0) is 22.0. The third-order valence-corrected chi connectivity index (χ3v) is 8.94. The van der Waals surface area contributed by atoms with Crippen molar-refractivity contribution >= 4 is 11.8 Å². The average molecular weight is 437 g/mol. The normalized spacial score (nSPS) is 24.9. The highest BCUT2D eigenvalue weighted by Crippen LogP contribution is 2.42. The van der Waals surface area contributed by atoms with Gasteiger partial charge in [0.15, 0.2) is 0 Å². The molecule has 4 heteroatoms. The fourth-order valence-corrected chi connectivity index (χ4v) is 6.92. The van der Waals surface area contributed by atoms with Crippen LogP contribution in [-0.4, -0.2) is 41.2 Å². The summed E-state index contributed by atoms with van der Waals surface area (Å²) in [4.78, 5) is 31.5. The fraction of sp³-hybridized carbons (Fsp3) is 0.714. The van der Waals surface area contributed by atoms with E-state index in [4.69, 9.17) is 0 Å². The molecule has 1 spiro atoms. The lowest BCUT2D eigenvalue weighted by atomic mass is 9.72. The van der Waals surface area contributed by atoms with Gasteiger partial charge in [-0.15, -0.1) is 0 Å². The molecule has 2 aliphatic carbocycles. The molecule has 174 valence electrons. The van der Waals surface area contributed by atoms with Gasteiger partial charge in [-0.25, -0.2) is 0 Å². The van der Waals surface area contributed by atoms with Gasteiger partial charge < -0.3 is 9.80 Å². The molecule has 0 N–H and O–H groups in total. The van der Waals surface area contributed by atoms with Crippen molar-refractivity contribution in [2.24, 2.45) is 17.3 Å². The summed E-state index contributed by atoms with van der Waals surface area (Å²) in [5, 5.41) is 0. The number of fused-ring (bicyclic) bond motifs is 1. The van der Waals surface area contributed by atoms with E-state index < -0.39 is 0 Å². The zero-order valence-electron chi connectivity index (χ0n) is 19.7. The molecule has 1 saturated heterocycles. The van der Waals surface area contributed by atoms with Gasteiger partial charge in [-0.05, 0) is 62.0 Å². The summed E-state index contributed by atoms with van der Waals surface area (Å²) in [5.41, 5.74) is 2.35. The van der Waals surface area contributed by atoms with Gasteiger partial charge in [-0.2, -0.15) is 0 Å². The Kier molecular flexibility index (Phi) is 6.57. The first kappa shape index (κ1) is 22.0. The lowest BCUT2D eigenvalue weighted by Gasteiger charge is -2.43. The van der Waals surface area contributed by atoms with Crippen molar-refractivity contribution in [2.45, 2.75) is 90.0 Å². The third kappa shape index (κ3) is 4.47. The molecule has 5 rings (SSSR count). The number of benzene rings is 1. The van der Waals surface area contributed by atoms with Crippen LogP contribution in [0.2, 0.25) is 0 Å². The Balaban J connectivity index is 1.33. The van der Waals surface area contributed by atoms with E-state index in [0.29, 0.717) is 17.7 Å². The molecule has 2 heterocycles. The van der Waals surface area contributed by atoms with Crippen molar-refractivity contribution < 1.29 is 9.59 Å². The minimum atomic E-state index is -0.329. The van der Waals surface area contributed by atoms with Gasteiger partial charge in [0.1, 0.15) is 0 Å². The molecule has 32 heavy (non-hydrogen) atoms. The van der Waals surface area contributed by atoms with E-state index in [1.165, 1.54) is 62.5 Å². The Morgan fingerprint density at radius 2 is 1.50 bits per heavy atom. The summed E-state index contributed by atoms with van der Waals surface area (Å²) in [6.45, 7) is 3.18. The van der Waals surface area contributed by atoms with Crippen molar-refractivity contribution in [3.8, 4) is 0 Å². The van der Waals surface area contributed by atoms with Crippen molar-refractivity contribution in [1.82, 2.24) is 9.80 Å². The maximum absolute atomic E-state index is 14.1. The first-order valence-electron chi connectivity index (χ1n) is 13.3. The van der Waals surface area contributed by atoms with Crippen LogP contribution in [0.3, 0.4) is 0 Å². The summed E-state index contributed by atoms with van der Waals surface area (Å²) in [5.74, 6) is 1.61. The number of hydrogen-bond acceptors (Lipinski definition) is 2. The van der Waals surface area contributed by atoms with Crippen LogP contribution in [0.4, 0.5) is 0 Å². The number of rotatable bonds is 3. The molecular formula is C28H40N2O2. The Morgan fingerprint density at radius 3 is 2.19 bits per heavy atom. The topological polar surface area (TPSA) is 40.6 Å². The number of hydrogen-bond donors (Lipinski definition) is 0. The second kappa shape index (κ2) is 9.57. The number of piperidine rings is 1. The predicted molar refractivity (Wildman–Crippen MR) is 127 cm³/mol. The van der Waals surface area contributed by atoms with E-state index in [2.05, 4.69) is 34.1 Å². The Labute approximate surface area is 193 Å². The molecule has 2 aliphatic heterocycles. The van der Waals surface area contributed by atoms with Gasteiger partial charge in [0.05, 0.1) is 5.41 Å². The summed E-state index contributed by atoms with van der Waals surface area (Å²) >= 11 is 0. The quantitative estimate of drug-likeness (QED) is 0.642. The minimum absolute atomic E-state index is 0.228. The molecule has 0 unspecified atom stereocenters. The number of likely N-dealkylation sites (tertiary alicyclic amines) is 1. The molecule has 3 fully saturated rings. The lowest BCUT2D eigenvalue weighted by molar-refractivity contribution is -0.150. The van der Waals surface area contributed by atoms with Gasteiger partial charge in [0.25, 0.3) is 0 Å². The monoisotopic (exact) mass is 436 g/mol. The Morgan fingerprint density at radius 1 is 0.875 bits per heavy atom.